The van der Waals surface area contributed by atoms with Crippen molar-refractivity contribution in [2.75, 3.05) is 0 Å². The van der Waals surface area contributed by atoms with E-state index in [-0.39, 0.29) is 34.6 Å². The molecule has 130 valence electrons. The maximum absolute atomic E-state index is 12.8. The average Bonchev–Trinajstić information content (AvgIpc) is 2.32. The van der Waals surface area contributed by atoms with Crippen LogP contribution in [-0.2, 0) is 19.1 Å². The monoisotopic (exact) mass is 330 g/mol. The molecular formula is C20H26O4. The largest absolute Gasteiger partial charge is 0.465 e. The summed E-state index contributed by atoms with van der Waals surface area (Å²) in [6.45, 7) is 9.73. The standard InChI is InChI=1S/C20H26O4/c1-11(21)6-12-17-13(22)7-19(2,3)9-15(17)24-16-10-20(4,5)8-14(23)18(12)16/h12H,6-10H2,1-5H3. The van der Waals surface area contributed by atoms with Gasteiger partial charge in [0.2, 0.25) is 0 Å². The van der Waals surface area contributed by atoms with Gasteiger partial charge < -0.3 is 4.74 Å². The minimum Gasteiger partial charge on any atom is -0.465 e. The minimum atomic E-state index is -0.409. The Morgan fingerprint density at radius 1 is 0.917 bits per heavy atom. The molecule has 0 saturated heterocycles. The lowest BCUT2D eigenvalue weighted by Gasteiger charge is -2.42. The highest BCUT2D eigenvalue weighted by atomic mass is 16.5. The number of Topliss-reactive ketones (excluding diaryl/α,β-unsaturated/α-hetero) is 3. The number of allylic oxidation sites excluding steroid dienone is 4. The molecule has 1 heterocycles. The fraction of sp³-hybridized carbons (Fsp3) is 0.650. The van der Waals surface area contributed by atoms with Crippen molar-refractivity contribution in [3.05, 3.63) is 22.7 Å². The summed E-state index contributed by atoms with van der Waals surface area (Å²) < 4.78 is 6.12. The molecule has 4 nitrogen and oxygen atoms in total. The van der Waals surface area contributed by atoms with Crippen molar-refractivity contribution in [3.63, 3.8) is 0 Å². The van der Waals surface area contributed by atoms with Crippen molar-refractivity contribution in [1.29, 1.82) is 0 Å². The second kappa shape index (κ2) is 5.40. The van der Waals surface area contributed by atoms with Gasteiger partial charge in [0.15, 0.2) is 11.6 Å². The molecule has 0 amide bonds. The Labute approximate surface area is 143 Å². The van der Waals surface area contributed by atoms with E-state index in [0.29, 0.717) is 48.3 Å². The highest BCUT2D eigenvalue weighted by Gasteiger charge is 2.47. The maximum atomic E-state index is 12.8. The molecular weight excluding hydrogens is 304 g/mol. The molecule has 0 bridgehead atoms. The number of rotatable bonds is 2. The Balaban J connectivity index is 2.10. The van der Waals surface area contributed by atoms with E-state index in [0.717, 1.165) is 0 Å². The number of hydrogen-bond acceptors (Lipinski definition) is 4. The third-order valence-corrected chi connectivity index (χ3v) is 5.19. The quantitative estimate of drug-likeness (QED) is 0.770. The van der Waals surface area contributed by atoms with Crippen LogP contribution in [0.2, 0.25) is 0 Å². The Kier molecular flexibility index (Phi) is 3.85. The van der Waals surface area contributed by atoms with Crippen molar-refractivity contribution in [2.24, 2.45) is 16.7 Å². The molecule has 2 aliphatic carbocycles. The average molecular weight is 330 g/mol. The van der Waals surface area contributed by atoms with E-state index in [1.54, 1.807) is 0 Å². The molecule has 0 atom stereocenters. The molecule has 0 aromatic carbocycles. The number of ether oxygens (including phenoxy) is 1. The number of carbonyl (C=O) groups is 3. The van der Waals surface area contributed by atoms with Crippen LogP contribution in [0.4, 0.5) is 0 Å². The van der Waals surface area contributed by atoms with Crippen LogP contribution < -0.4 is 0 Å². The van der Waals surface area contributed by atoms with E-state index in [2.05, 4.69) is 27.7 Å². The van der Waals surface area contributed by atoms with Crippen LogP contribution in [0.1, 0.15) is 66.7 Å². The van der Waals surface area contributed by atoms with Gasteiger partial charge in [0.25, 0.3) is 0 Å². The Hall–Kier alpha value is -1.71. The van der Waals surface area contributed by atoms with E-state index in [1.807, 2.05) is 0 Å². The highest BCUT2D eigenvalue weighted by Crippen LogP contribution is 2.50. The summed E-state index contributed by atoms with van der Waals surface area (Å²) in [6.07, 6.45) is 2.43. The van der Waals surface area contributed by atoms with Gasteiger partial charge in [-0.1, -0.05) is 27.7 Å². The molecule has 0 spiro atoms. The minimum absolute atomic E-state index is 0.00383. The SMILES string of the molecule is CC(=O)CC1C2=C(CC(C)(C)CC2=O)OC2=C1C(=O)CC(C)(C)C2. The summed E-state index contributed by atoms with van der Waals surface area (Å²) in [4.78, 5) is 37.3. The van der Waals surface area contributed by atoms with Crippen molar-refractivity contribution in [1.82, 2.24) is 0 Å². The van der Waals surface area contributed by atoms with Crippen molar-refractivity contribution < 1.29 is 19.1 Å². The molecule has 24 heavy (non-hydrogen) atoms. The molecule has 0 saturated carbocycles. The van der Waals surface area contributed by atoms with Crippen molar-refractivity contribution in [2.45, 2.75) is 66.7 Å². The van der Waals surface area contributed by atoms with Gasteiger partial charge in [-0.2, -0.15) is 0 Å². The molecule has 0 N–H and O–H groups in total. The fourth-order valence-corrected chi connectivity index (χ4v) is 4.30. The molecule has 0 aromatic rings. The summed E-state index contributed by atoms with van der Waals surface area (Å²) in [6, 6.07) is 0. The Bertz CT molecular complexity index is 651. The zero-order valence-electron chi connectivity index (χ0n) is 15.2. The van der Waals surface area contributed by atoms with Gasteiger partial charge in [-0.15, -0.1) is 0 Å². The molecule has 0 fully saturated rings. The third-order valence-electron chi connectivity index (χ3n) is 5.19. The lowest BCUT2D eigenvalue weighted by Crippen LogP contribution is -2.39. The summed E-state index contributed by atoms with van der Waals surface area (Å²) in [5, 5.41) is 0. The van der Waals surface area contributed by atoms with Crippen LogP contribution in [0.15, 0.2) is 22.7 Å². The van der Waals surface area contributed by atoms with E-state index in [1.165, 1.54) is 6.92 Å². The predicted molar refractivity (Wildman–Crippen MR) is 90.0 cm³/mol. The van der Waals surface area contributed by atoms with Crippen molar-refractivity contribution in [3.8, 4) is 0 Å². The van der Waals surface area contributed by atoms with E-state index in [9.17, 15) is 14.4 Å². The van der Waals surface area contributed by atoms with Gasteiger partial charge >= 0.3 is 0 Å². The van der Waals surface area contributed by atoms with E-state index >= 15 is 0 Å². The Morgan fingerprint density at radius 2 is 1.33 bits per heavy atom. The van der Waals surface area contributed by atoms with Gasteiger partial charge in [0.1, 0.15) is 17.3 Å². The zero-order chi connectivity index (χ0) is 17.9. The summed E-state index contributed by atoms with van der Waals surface area (Å²) in [5.41, 5.74) is 0.860. The molecule has 0 radical (unpaired) electrons. The van der Waals surface area contributed by atoms with Crippen molar-refractivity contribution >= 4 is 17.3 Å². The molecule has 3 aliphatic rings. The van der Waals surface area contributed by atoms with Gasteiger partial charge in [-0.05, 0) is 17.8 Å². The first-order valence-corrected chi connectivity index (χ1v) is 8.69. The van der Waals surface area contributed by atoms with Crippen LogP contribution in [0.5, 0.6) is 0 Å². The van der Waals surface area contributed by atoms with Crippen LogP contribution in [0, 0.1) is 16.7 Å². The van der Waals surface area contributed by atoms with E-state index in [4.69, 9.17) is 4.74 Å². The zero-order valence-corrected chi connectivity index (χ0v) is 15.2. The number of carbonyl (C=O) groups excluding carboxylic acids is 3. The number of ketones is 3. The first kappa shape index (κ1) is 17.1. The summed E-state index contributed by atoms with van der Waals surface area (Å²) in [5.74, 6) is 1.01. The van der Waals surface area contributed by atoms with Gasteiger partial charge in [-0.3, -0.25) is 14.4 Å². The topological polar surface area (TPSA) is 60.4 Å². The molecule has 0 aromatic heterocycles. The lowest BCUT2D eigenvalue weighted by molar-refractivity contribution is -0.121. The van der Waals surface area contributed by atoms with Crippen LogP contribution in [0.3, 0.4) is 0 Å². The molecule has 1 aliphatic heterocycles. The predicted octanol–water partition coefficient (Wildman–Crippen LogP) is 3.90. The highest BCUT2D eigenvalue weighted by molar-refractivity contribution is 6.05. The lowest BCUT2D eigenvalue weighted by atomic mass is 9.66. The first-order chi connectivity index (χ1) is 11.0. The molecule has 0 unspecified atom stereocenters. The number of hydrogen-bond donors (Lipinski definition) is 0. The van der Waals surface area contributed by atoms with E-state index < -0.39 is 5.92 Å². The maximum Gasteiger partial charge on any atom is 0.163 e. The summed E-state index contributed by atoms with van der Waals surface area (Å²) >= 11 is 0. The third kappa shape index (κ3) is 2.99. The normalized spacial score (nSPS) is 26.0. The smallest absolute Gasteiger partial charge is 0.163 e. The Morgan fingerprint density at radius 3 is 1.71 bits per heavy atom. The molecule has 3 rings (SSSR count). The second-order valence-corrected chi connectivity index (χ2v) is 9.12. The van der Waals surface area contributed by atoms with Gasteiger partial charge in [0.05, 0.1) is 0 Å². The summed E-state index contributed by atoms with van der Waals surface area (Å²) in [7, 11) is 0. The molecule has 4 heteroatoms. The van der Waals surface area contributed by atoms with Gasteiger partial charge in [0, 0.05) is 49.2 Å². The fourth-order valence-electron chi connectivity index (χ4n) is 4.30. The first-order valence-electron chi connectivity index (χ1n) is 8.69. The second-order valence-electron chi connectivity index (χ2n) is 9.12. The van der Waals surface area contributed by atoms with Crippen LogP contribution in [-0.4, -0.2) is 17.3 Å². The van der Waals surface area contributed by atoms with Crippen LogP contribution >= 0.6 is 0 Å². The van der Waals surface area contributed by atoms with Gasteiger partial charge in [-0.25, -0.2) is 0 Å². The van der Waals surface area contributed by atoms with Crippen LogP contribution in [0.25, 0.3) is 0 Å².